The van der Waals surface area contributed by atoms with E-state index in [9.17, 15) is 8.78 Å². The molecule has 194 valence electrons. The van der Waals surface area contributed by atoms with E-state index in [1.54, 1.807) is 6.21 Å². The summed E-state index contributed by atoms with van der Waals surface area (Å²) in [5.74, 6) is -0.963. The normalized spacial score (nSPS) is 18.4. The highest BCUT2D eigenvalue weighted by molar-refractivity contribution is 5.87. The molecule has 9 heteroatoms. The number of hydrogen-bond donors (Lipinski definition) is 1. The second-order valence-electron chi connectivity index (χ2n) is 9.32. The summed E-state index contributed by atoms with van der Waals surface area (Å²) >= 11 is 0. The summed E-state index contributed by atoms with van der Waals surface area (Å²) in [6, 6.07) is 13.4. The van der Waals surface area contributed by atoms with Crippen molar-refractivity contribution in [3.63, 3.8) is 0 Å². The van der Waals surface area contributed by atoms with Crippen molar-refractivity contribution < 1.29 is 13.5 Å². The first-order valence-electron chi connectivity index (χ1n) is 12.5. The van der Waals surface area contributed by atoms with Crippen molar-refractivity contribution in [1.82, 2.24) is 19.9 Å². The Bertz CT molecular complexity index is 1520. The van der Waals surface area contributed by atoms with Gasteiger partial charge in [0.15, 0.2) is 5.65 Å². The molecule has 1 aliphatic rings. The van der Waals surface area contributed by atoms with Gasteiger partial charge in [0.05, 0.1) is 24.0 Å². The van der Waals surface area contributed by atoms with Gasteiger partial charge in [0, 0.05) is 42.1 Å². The minimum Gasteiger partial charge on any atom is -0.404 e. The van der Waals surface area contributed by atoms with Crippen LogP contribution < -0.4 is 5.73 Å². The first kappa shape index (κ1) is 25.5. The van der Waals surface area contributed by atoms with Crippen LogP contribution in [0.5, 0.6) is 0 Å². The number of hydrogen-bond acceptors (Lipinski definition) is 7. The highest BCUT2D eigenvalue weighted by Gasteiger charge is 2.29. The minimum absolute atomic E-state index is 0.0960. The molecule has 2 N–H and O–H groups in total. The number of benzene rings is 2. The Morgan fingerprint density at radius 1 is 1.05 bits per heavy atom. The van der Waals surface area contributed by atoms with Crippen LogP contribution in [0.2, 0.25) is 0 Å². The second kappa shape index (κ2) is 11.1. The summed E-state index contributed by atoms with van der Waals surface area (Å²) in [7, 11) is 0. The van der Waals surface area contributed by atoms with Crippen molar-refractivity contribution in [1.29, 1.82) is 0 Å². The average molecular weight is 515 g/mol. The third-order valence-electron chi connectivity index (χ3n) is 6.72. The minimum atomic E-state index is -0.719. The number of aryl methyl sites for hydroxylation is 2. The van der Waals surface area contributed by atoms with Crippen molar-refractivity contribution in [2.45, 2.75) is 45.3 Å². The number of aromatic nitrogens is 4. The van der Waals surface area contributed by atoms with E-state index < -0.39 is 11.6 Å². The van der Waals surface area contributed by atoms with Gasteiger partial charge in [-0.25, -0.2) is 28.7 Å². The fourth-order valence-electron chi connectivity index (χ4n) is 4.52. The first-order chi connectivity index (χ1) is 18.4. The van der Waals surface area contributed by atoms with Gasteiger partial charge >= 0.3 is 0 Å². The van der Waals surface area contributed by atoms with Gasteiger partial charge in [-0.2, -0.15) is 0 Å². The lowest BCUT2D eigenvalue weighted by molar-refractivity contribution is 0.0313. The molecule has 1 fully saturated rings. The molecule has 5 rings (SSSR count). The van der Waals surface area contributed by atoms with Crippen molar-refractivity contribution >= 4 is 17.4 Å². The molecule has 0 saturated carbocycles. The molecular weight excluding hydrogens is 486 g/mol. The summed E-state index contributed by atoms with van der Waals surface area (Å²) in [6.07, 6.45) is 4.20. The Kier molecular flexibility index (Phi) is 7.46. The standard InChI is InChI=1S/C29H28F2N6O/c1-17-18(2)35-29-27(34-17)26(23-9-8-22(30)13-24(23)31)36-28(37-29)20-10-11-38-25(12-20)21(14-32)16-33-15-19-6-4-3-5-7-19/h3-9,13-14,16,20,25H,10-12,15,32H2,1-2H3/b21-14+,33-16?/t20?,25-/m0/s1. The average Bonchev–Trinajstić information content (AvgIpc) is 2.92. The molecule has 0 aliphatic carbocycles. The Labute approximate surface area is 219 Å². The SMILES string of the molecule is Cc1nc2nc(C3CCO[C@H](/C(C=NCc4ccccc4)=C/N)C3)nc(-c3ccc(F)cc3F)c2nc1C. The quantitative estimate of drug-likeness (QED) is 0.348. The van der Waals surface area contributed by atoms with Crippen LogP contribution in [-0.4, -0.2) is 38.9 Å². The zero-order valence-corrected chi connectivity index (χ0v) is 21.2. The van der Waals surface area contributed by atoms with E-state index in [0.717, 1.165) is 22.9 Å². The lowest BCUT2D eigenvalue weighted by Gasteiger charge is -2.29. The van der Waals surface area contributed by atoms with Gasteiger partial charge in [0.1, 0.15) is 28.7 Å². The number of nitrogens with zero attached hydrogens (tertiary/aromatic N) is 5. The van der Waals surface area contributed by atoms with Crippen molar-refractivity contribution in [3.05, 3.63) is 94.7 Å². The monoisotopic (exact) mass is 514 g/mol. The summed E-state index contributed by atoms with van der Waals surface area (Å²) < 4.78 is 34.6. The van der Waals surface area contributed by atoms with Crippen molar-refractivity contribution in [2.24, 2.45) is 10.7 Å². The maximum absolute atomic E-state index is 14.9. The van der Waals surface area contributed by atoms with Gasteiger partial charge < -0.3 is 10.5 Å². The molecule has 0 spiro atoms. The van der Waals surface area contributed by atoms with Gasteiger partial charge in [-0.3, -0.25) is 4.99 Å². The number of fused-ring (bicyclic) bond motifs is 1. The molecule has 0 amide bonds. The molecule has 1 aliphatic heterocycles. The zero-order valence-electron chi connectivity index (χ0n) is 21.2. The second-order valence-corrected chi connectivity index (χ2v) is 9.32. The van der Waals surface area contributed by atoms with Crippen LogP contribution in [0.3, 0.4) is 0 Å². The molecule has 1 saturated heterocycles. The van der Waals surface area contributed by atoms with Crippen LogP contribution in [0.15, 0.2) is 65.3 Å². The van der Waals surface area contributed by atoms with Gasteiger partial charge in [-0.15, -0.1) is 0 Å². The first-order valence-corrected chi connectivity index (χ1v) is 12.5. The molecule has 2 aromatic heterocycles. The molecule has 0 radical (unpaired) electrons. The number of rotatable bonds is 6. The van der Waals surface area contributed by atoms with E-state index >= 15 is 0 Å². The van der Waals surface area contributed by atoms with E-state index in [1.165, 1.54) is 18.3 Å². The van der Waals surface area contributed by atoms with Crippen LogP contribution in [0.4, 0.5) is 8.78 Å². The highest BCUT2D eigenvalue weighted by atomic mass is 19.1. The predicted molar refractivity (Wildman–Crippen MR) is 143 cm³/mol. The van der Waals surface area contributed by atoms with Crippen molar-refractivity contribution in [2.75, 3.05) is 6.61 Å². The molecule has 2 aromatic carbocycles. The van der Waals surface area contributed by atoms with Crippen LogP contribution in [-0.2, 0) is 11.3 Å². The van der Waals surface area contributed by atoms with Crippen LogP contribution >= 0.6 is 0 Å². The van der Waals surface area contributed by atoms with E-state index in [-0.39, 0.29) is 17.6 Å². The van der Waals surface area contributed by atoms with E-state index in [1.807, 2.05) is 44.2 Å². The summed E-state index contributed by atoms with van der Waals surface area (Å²) in [4.78, 5) is 23.2. The van der Waals surface area contributed by atoms with Crippen LogP contribution in [0.25, 0.3) is 22.4 Å². The topological polar surface area (TPSA) is 99.2 Å². The zero-order chi connectivity index (χ0) is 26.6. The third-order valence-corrected chi connectivity index (χ3v) is 6.72. The molecule has 3 heterocycles. The third kappa shape index (κ3) is 5.43. The molecule has 4 aromatic rings. The number of ether oxygens (including phenoxy) is 1. The predicted octanol–water partition coefficient (Wildman–Crippen LogP) is 5.36. The Morgan fingerprint density at radius 3 is 2.61 bits per heavy atom. The Balaban J connectivity index is 1.47. The Hall–Kier alpha value is -4.11. The largest absolute Gasteiger partial charge is 0.404 e. The summed E-state index contributed by atoms with van der Waals surface area (Å²) in [5, 5.41) is 0. The fraction of sp³-hybridized carbons (Fsp3) is 0.276. The molecule has 7 nitrogen and oxygen atoms in total. The molecule has 2 atom stereocenters. The van der Waals surface area contributed by atoms with Gasteiger partial charge in [-0.1, -0.05) is 30.3 Å². The summed E-state index contributed by atoms with van der Waals surface area (Å²) in [6.45, 7) is 4.68. The number of halogens is 2. The number of nitrogens with two attached hydrogens (primary N) is 1. The van der Waals surface area contributed by atoms with Gasteiger partial charge in [0.2, 0.25) is 0 Å². The van der Waals surface area contributed by atoms with Gasteiger partial charge in [0.25, 0.3) is 0 Å². The van der Waals surface area contributed by atoms with Crippen molar-refractivity contribution in [3.8, 4) is 11.3 Å². The maximum Gasteiger partial charge on any atom is 0.182 e. The number of aliphatic imine (C=N–C) groups is 1. The van der Waals surface area contributed by atoms with E-state index in [2.05, 4.69) is 15.0 Å². The molecular formula is C29H28F2N6O. The molecule has 38 heavy (non-hydrogen) atoms. The van der Waals surface area contributed by atoms with Crippen LogP contribution in [0.1, 0.15) is 41.5 Å². The lowest BCUT2D eigenvalue weighted by Crippen LogP contribution is -2.28. The smallest absolute Gasteiger partial charge is 0.182 e. The highest BCUT2D eigenvalue weighted by Crippen LogP contribution is 2.34. The Morgan fingerprint density at radius 2 is 1.84 bits per heavy atom. The van der Waals surface area contributed by atoms with Gasteiger partial charge in [-0.05, 0) is 44.4 Å². The summed E-state index contributed by atoms with van der Waals surface area (Å²) in [5.41, 5.74) is 10.4. The van der Waals surface area contributed by atoms with E-state index in [4.69, 9.17) is 20.4 Å². The molecule has 1 unspecified atom stereocenters. The van der Waals surface area contributed by atoms with Crippen LogP contribution in [0, 0.1) is 25.5 Å². The fourth-order valence-corrected chi connectivity index (χ4v) is 4.52. The lowest BCUT2D eigenvalue weighted by atomic mass is 9.91. The maximum atomic E-state index is 14.9. The molecule has 0 bridgehead atoms. The van der Waals surface area contributed by atoms with E-state index in [0.29, 0.717) is 54.4 Å².